The highest BCUT2D eigenvalue weighted by Gasteiger charge is 2.47. The Bertz CT molecular complexity index is 6530. The van der Waals surface area contributed by atoms with Crippen LogP contribution in [0.3, 0.4) is 0 Å². The van der Waals surface area contributed by atoms with E-state index in [0.717, 1.165) is 18.2 Å². The largest absolute Gasteiger partial charge is 0.482 e. The van der Waals surface area contributed by atoms with Gasteiger partial charge in [-0.25, -0.2) is 28.8 Å². The third-order valence-electron chi connectivity index (χ3n) is 28.9. The fourth-order valence-electron chi connectivity index (χ4n) is 21.8. The Labute approximate surface area is 777 Å². The molecule has 34 heteroatoms. The average molecular weight is 1860 g/mol. The molecule has 8 unspecified atom stereocenters. The predicted molar refractivity (Wildman–Crippen MR) is 471 cm³/mol. The molecule has 14 heterocycles. The van der Waals surface area contributed by atoms with Gasteiger partial charge in [0.05, 0.1) is 33.4 Å². The van der Waals surface area contributed by atoms with Crippen LogP contribution in [0, 0.1) is 0 Å². The van der Waals surface area contributed by atoms with E-state index >= 15 is 0 Å². The zero-order valence-electron chi connectivity index (χ0n) is 74.4. The maximum absolute atomic E-state index is 14.2. The maximum Gasteiger partial charge on any atom is 0.336 e. The van der Waals surface area contributed by atoms with Crippen LogP contribution in [0.1, 0.15) is 298 Å². The molecule has 11 aromatic rings. The summed E-state index contributed by atoms with van der Waals surface area (Å²) in [5.74, 6) is -15.8. The highest BCUT2D eigenvalue weighted by atomic mass is 16.7. The Hall–Kier alpha value is -16.2. The molecule has 6 N–H and O–H groups in total. The van der Waals surface area contributed by atoms with Crippen molar-refractivity contribution in [3.8, 4) is 126 Å². The Kier molecular flexibility index (Phi) is 19.1. The van der Waals surface area contributed by atoms with E-state index in [2.05, 4.69) is 0 Å². The number of rotatable bonds is 6. The van der Waals surface area contributed by atoms with Crippen molar-refractivity contribution in [2.24, 2.45) is 0 Å². The monoisotopic (exact) mass is 1860 g/mol. The van der Waals surface area contributed by atoms with E-state index in [9.17, 15) is 59.4 Å². The van der Waals surface area contributed by atoms with Gasteiger partial charge >= 0.3 is 35.8 Å². The number of carbonyl (C=O) groups is 6. The van der Waals surface area contributed by atoms with E-state index in [-0.39, 0.29) is 166 Å². The molecule has 25 rings (SSSR count). The van der Waals surface area contributed by atoms with Crippen molar-refractivity contribution in [3.05, 3.63) is 252 Å². The van der Waals surface area contributed by atoms with Gasteiger partial charge in [0.15, 0.2) is 69.0 Å². The van der Waals surface area contributed by atoms with Crippen LogP contribution in [-0.4, -0.2) is 121 Å². The number of fused-ring (bicyclic) bond motifs is 8. The number of hydrogen-bond acceptors (Lipinski definition) is 28. The van der Waals surface area contributed by atoms with Gasteiger partial charge in [-0.1, -0.05) is 55.4 Å². The van der Waals surface area contributed by atoms with Crippen molar-refractivity contribution in [2.75, 3.05) is 54.3 Å². The second kappa shape index (κ2) is 31.2. The normalized spacial score (nSPS) is 20.3. The molecule has 42 bridgehead atoms. The van der Waals surface area contributed by atoms with E-state index in [0.29, 0.717) is 100 Å². The lowest BCUT2D eigenvalue weighted by Gasteiger charge is -2.36. The zero-order chi connectivity index (χ0) is 94.2. The van der Waals surface area contributed by atoms with E-state index in [1.54, 1.807) is 0 Å². The predicted octanol–water partition coefficient (Wildman–Crippen LogP) is 17.6. The van der Waals surface area contributed by atoms with Gasteiger partial charge in [0, 0.05) is 187 Å². The molecular formula is C103H82O34. The second-order valence-corrected chi connectivity index (χ2v) is 35.9. The van der Waals surface area contributed by atoms with Crippen LogP contribution in [0.25, 0.3) is 0 Å². The van der Waals surface area contributed by atoms with Crippen molar-refractivity contribution in [1.29, 1.82) is 0 Å². The van der Waals surface area contributed by atoms with Gasteiger partial charge in [0.1, 0.15) is 62.6 Å². The summed E-state index contributed by atoms with van der Waals surface area (Å²) in [5.41, 5.74) is 4.83. The molecule has 0 saturated carbocycles. The van der Waals surface area contributed by atoms with Crippen molar-refractivity contribution in [1.82, 2.24) is 0 Å². The summed E-state index contributed by atoms with van der Waals surface area (Å²) in [6, 6.07) is 22.7. The molecule has 0 radical (unpaired) electrons. The SMILES string of the molecule is CC1c2cc3c4c5c2OCOc2c1cc1c6c2OCc2cc(c(C(=O)O)cc2C(=O)O)COc2c7c8cc9c2OCOc2c(cc%10c%11c2OCc2cc(c(C(=O)O)cc2C(=O)O)COc2c(c(cc%12c2OCOc2c(cc(c(c2OCc2cc(c(C(=O)O)cc2C(=O)O)COc2c%13c(cc(c2OCO%11)C%10C)C(C)c2cc(c(c(c2OCO%13)C5)OCO7)C8C)OCO4)C3C)C%12C)C1C)OCO6)C9C. The fourth-order valence-corrected chi connectivity index (χ4v) is 21.8. The fraction of sp³-hybridized carbons (Fsp3) is 0.301. The minimum Gasteiger partial charge on any atom is -0.482 e. The Morgan fingerprint density at radius 2 is 0.299 bits per heavy atom. The molecule has 137 heavy (non-hydrogen) atoms. The molecule has 34 nitrogen and oxygen atoms in total. The van der Waals surface area contributed by atoms with Gasteiger partial charge in [-0.2, -0.15) is 0 Å². The van der Waals surface area contributed by atoms with Gasteiger partial charge < -0.3 is 135 Å². The first kappa shape index (κ1) is 83.9. The van der Waals surface area contributed by atoms with Crippen LogP contribution in [0.15, 0.2) is 84.9 Å². The third-order valence-corrected chi connectivity index (χ3v) is 28.9. The molecule has 0 fully saturated rings. The molecule has 8 atom stereocenters. The molecule has 14 aliphatic heterocycles. The van der Waals surface area contributed by atoms with E-state index in [4.69, 9.17) is 104 Å². The summed E-state index contributed by atoms with van der Waals surface area (Å²) in [7, 11) is 0. The van der Waals surface area contributed by atoms with Crippen LogP contribution >= 0.6 is 0 Å². The van der Waals surface area contributed by atoms with Crippen molar-refractivity contribution in [3.63, 3.8) is 0 Å². The molecule has 11 aromatic carbocycles. The zero-order valence-corrected chi connectivity index (χ0v) is 74.4. The van der Waals surface area contributed by atoms with Crippen LogP contribution in [0.2, 0.25) is 0 Å². The number of carboxylic acids is 6. The van der Waals surface area contributed by atoms with Crippen molar-refractivity contribution < 1.29 is 164 Å². The summed E-state index contributed by atoms with van der Waals surface area (Å²) >= 11 is 0. The Balaban J connectivity index is 0.916. The summed E-state index contributed by atoms with van der Waals surface area (Å²) in [6.07, 6.45) is -0.185. The third kappa shape index (κ3) is 12.7. The number of carboxylic acid groups (broad SMARTS) is 6. The highest BCUT2D eigenvalue weighted by molar-refractivity contribution is 5.98. The lowest BCUT2D eigenvalue weighted by Crippen LogP contribution is -2.24. The Morgan fingerprint density at radius 1 is 0.175 bits per heavy atom. The minimum atomic E-state index is -1.54. The number of hydrogen-bond donors (Lipinski definition) is 6. The molecule has 0 aliphatic carbocycles. The van der Waals surface area contributed by atoms with Crippen LogP contribution in [-0.2, 0) is 46.1 Å². The molecule has 0 aromatic heterocycles. The van der Waals surface area contributed by atoms with Gasteiger partial charge in [-0.15, -0.1) is 0 Å². The standard InChI is InChI=1S/C103H82O34/c1-38-52-12-53-39(2)57-15-61-43(6)65-18-64-42(5)60-14-56(38)80-92-84(60)130-34-134-88(64)96-89(65)135-35-131-85(61)93-81(57)127-31-123-77(53)74(76(52)122-30-126-80)23-75-78-54-13-55-41(4)59-17-63-45(8)67-19-66-44(7)62-16-58(40(54)3)82(128-32-124-78)94(118-25-47-9-46(24-116-92)68(98(104)105)20-69(47)99(106)107)86(62)132-36-136-90(66)97(121-29-51-11-50(28-120-96)72(102(112)113)22-73(51)103(114)115)91(67)137-37-133-87(63)95(83(59)129-33-125-79(55)75)119-27-49-10-48(26-117-93)70(100(108)109)21-71(49)101(110)111/h9-22,38-45H,23-37H2,1-8H3,(H,104,105)(H,106,107)(H,108,109)(H,110,111)(H,112,113)(H,114,115). The van der Waals surface area contributed by atoms with Gasteiger partial charge in [0.25, 0.3) is 0 Å². The second-order valence-electron chi connectivity index (χ2n) is 35.9. The molecule has 0 amide bonds. The lowest BCUT2D eigenvalue weighted by molar-refractivity contribution is 0.0671. The molecule has 698 valence electrons. The molecule has 0 spiro atoms. The first-order chi connectivity index (χ1) is 66.2. The summed E-state index contributed by atoms with van der Waals surface area (Å²) in [4.78, 5) is 84.7. The Morgan fingerprint density at radius 3 is 0.431 bits per heavy atom. The lowest BCUT2D eigenvalue weighted by atomic mass is 9.77. The first-order valence-corrected chi connectivity index (χ1v) is 44.6. The minimum absolute atomic E-state index is 0.00146. The summed E-state index contributed by atoms with van der Waals surface area (Å²) < 4.78 is 157. The van der Waals surface area contributed by atoms with Crippen molar-refractivity contribution in [2.45, 2.75) is 149 Å². The quantitative estimate of drug-likeness (QED) is 0.0900. The maximum atomic E-state index is 14.2. The van der Waals surface area contributed by atoms with E-state index in [1.165, 1.54) is 18.2 Å². The average Bonchev–Trinajstić information content (AvgIpc) is 0.748. The molecule has 14 aliphatic rings. The summed E-state index contributed by atoms with van der Waals surface area (Å²) in [6.45, 7) is 6.33. The van der Waals surface area contributed by atoms with Crippen LogP contribution in [0.5, 0.6) is 126 Å². The van der Waals surface area contributed by atoms with Crippen LogP contribution < -0.4 is 104 Å². The van der Waals surface area contributed by atoms with Gasteiger partial charge in [0.2, 0.25) is 88.8 Å². The smallest absolute Gasteiger partial charge is 0.336 e. The van der Waals surface area contributed by atoms with Gasteiger partial charge in [-0.3, -0.25) is 0 Å². The van der Waals surface area contributed by atoms with E-state index in [1.807, 2.05) is 104 Å². The van der Waals surface area contributed by atoms with E-state index < -0.39 is 211 Å². The number of aromatic carboxylic acids is 6. The number of ether oxygens (including phenoxy) is 22. The topological polar surface area (TPSA) is 427 Å². The molecular weight excluding hydrogens is 1780 g/mol. The van der Waals surface area contributed by atoms with Crippen LogP contribution in [0.4, 0.5) is 0 Å². The van der Waals surface area contributed by atoms with Gasteiger partial charge in [-0.05, 0) is 84.9 Å². The first-order valence-electron chi connectivity index (χ1n) is 44.6. The van der Waals surface area contributed by atoms with Crippen molar-refractivity contribution >= 4 is 35.8 Å². The summed E-state index contributed by atoms with van der Waals surface area (Å²) in [5, 5.41) is 68.8. The number of benzene rings is 11. The highest BCUT2D eigenvalue weighted by Crippen LogP contribution is 2.66. The molecule has 0 saturated heterocycles.